The van der Waals surface area contributed by atoms with Crippen molar-refractivity contribution in [3.05, 3.63) is 64.1 Å². The zero-order chi connectivity index (χ0) is 15.2. The van der Waals surface area contributed by atoms with Crippen LogP contribution in [0.3, 0.4) is 0 Å². The summed E-state index contributed by atoms with van der Waals surface area (Å²) >= 11 is 3.47. The Morgan fingerprint density at radius 3 is 2.52 bits per heavy atom. The second-order valence-corrected chi connectivity index (χ2v) is 6.06. The molecule has 0 heterocycles. The first kappa shape index (κ1) is 15.8. The zero-order valence-electron chi connectivity index (χ0n) is 12.4. The standard InChI is InChI=1S/C18H20BrNO/c1-3-7-16(14-8-5-4-6-9-14)18(21)20-15-10-11-17(19)13(2)12-15/h4-6,8-12,16H,3,7H2,1-2H3,(H,20,21)/t16-/m1/s1. The van der Waals surface area contributed by atoms with Crippen molar-refractivity contribution in [3.8, 4) is 0 Å². The maximum Gasteiger partial charge on any atom is 0.231 e. The normalized spacial score (nSPS) is 12.0. The van der Waals surface area contributed by atoms with Crippen LogP contribution >= 0.6 is 15.9 Å². The lowest BCUT2D eigenvalue weighted by Crippen LogP contribution is -2.21. The number of carbonyl (C=O) groups excluding carboxylic acids is 1. The molecule has 0 aromatic heterocycles. The highest BCUT2D eigenvalue weighted by atomic mass is 79.9. The van der Waals surface area contributed by atoms with E-state index in [0.717, 1.165) is 34.1 Å². The highest BCUT2D eigenvalue weighted by Gasteiger charge is 2.19. The molecule has 0 saturated heterocycles. The van der Waals surface area contributed by atoms with E-state index in [1.54, 1.807) is 0 Å². The van der Waals surface area contributed by atoms with Crippen LogP contribution in [0.2, 0.25) is 0 Å². The molecule has 0 saturated carbocycles. The van der Waals surface area contributed by atoms with Crippen molar-refractivity contribution in [2.75, 3.05) is 5.32 Å². The van der Waals surface area contributed by atoms with Crippen molar-refractivity contribution >= 4 is 27.5 Å². The zero-order valence-corrected chi connectivity index (χ0v) is 14.0. The minimum Gasteiger partial charge on any atom is -0.326 e. The maximum absolute atomic E-state index is 12.6. The largest absolute Gasteiger partial charge is 0.326 e. The number of aryl methyl sites for hydroxylation is 1. The minimum absolute atomic E-state index is 0.0600. The Morgan fingerprint density at radius 1 is 1.19 bits per heavy atom. The van der Waals surface area contributed by atoms with E-state index in [2.05, 4.69) is 28.2 Å². The van der Waals surface area contributed by atoms with Gasteiger partial charge in [0.2, 0.25) is 5.91 Å². The molecule has 0 radical (unpaired) electrons. The second kappa shape index (κ2) is 7.41. The van der Waals surface area contributed by atoms with Crippen molar-refractivity contribution in [1.29, 1.82) is 0 Å². The third kappa shape index (κ3) is 4.18. The number of nitrogens with one attached hydrogen (secondary N) is 1. The molecule has 0 fully saturated rings. The van der Waals surface area contributed by atoms with Gasteiger partial charge in [-0.3, -0.25) is 4.79 Å². The van der Waals surface area contributed by atoms with E-state index < -0.39 is 0 Å². The van der Waals surface area contributed by atoms with E-state index in [0.29, 0.717) is 0 Å². The van der Waals surface area contributed by atoms with Gasteiger partial charge in [0.05, 0.1) is 5.92 Å². The molecule has 1 N–H and O–H groups in total. The molecule has 0 aliphatic carbocycles. The highest BCUT2D eigenvalue weighted by molar-refractivity contribution is 9.10. The van der Waals surface area contributed by atoms with Gasteiger partial charge in [0, 0.05) is 10.2 Å². The molecule has 0 bridgehead atoms. The van der Waals surface area contributed by atoms with E-state index in [4.69, 9.17) is 0 Å². The van der Waals surface area contributed by atoms with Gasteiger partial charge in [0.15, 0.2) is 0 Å². The molecule has 2 nitrogen and oxygen atoms in total. The average molecular weight is 346 g/mol. The first-order chi connectivity index (χ1) is 10.1. The lowest BCUT2D eigenvalue weighted by atomic mass is 9.93. The fraction of sp³-hybridized carbons (Fsp3) is 0.278. The van der Waals surface area contributed by atoms with Crippen LogP contribution in [-0.4, -0.2) is 5.91 Å². The molecule has 21 heavy (non-hydrogen) atoms. The van der Waals surface area contributed by atoms with Gasteiger partial charge in [-0.1, -0.05) is 59.6 Å². The minimum atomic E-state index is -0.0971. The summed E-state index contributed by atoms with van der Waals surface area (Å²) < 4.78 is 1.05. The van der Waals surface area contributed by atoms with E-state index in [9.17, 15) is 4.79 Å². The summed E-state index contributed by atoms with van der Waals surface area (Å²) in [5, 5.41) is 3.03. The summed E-state index contributed by atoms with van der Waals surface area (Å²) in [6.45, 7) is 4.12. The van der Waals surface area contributed by atoms with Crippen LogP contribution in [0, 0.1) is 6.92 Å². The van der Waals surface area contributed by atoms with Gasteiger partial charge in [-0.25, -0.2) is 0 Å². The quantitative estimate of drug-likeness (QED) is 0.784. The fourth-order valence-corrected chi connectivity index (χ4v) is 2.62. The molecule has 0 spiro atoms. The van der Waals surface area contributed by atoms with Gasteiger partial charge in [-0.05, 0) is 42.7 Å². The van der Waals surface area contributed by atoms with Crippen LogP contribution in [0.1, 0.15) is 36.8 Å². The molecule has 2 aromatic carbocycles. The number of hydrogen-bond donors (Lipinski definition) is 1. The molecule has 110 valence electrons. The van der Waals surface area contributed by atoms with Crippen LogP contribution in [0.25, 0.3) is 0 Å². The SMILES string of the molecule is CCC[C@@H](C(=O)Nc1ccc(Br)c(C)c1)c1ccccc1. The monoisotopic (exact) mass is 345 g/mol. The second-order valence-electron chi connectivity index (χ2n) is 5.21. The summed E-state index contributed by atoms with van der Waals surface area (Å²) in [6.07, 6.45) is 1.83. The summed E-state index contributed by atoms with van der Waals surface area (Å²) in [6, 6.07) is 15.8. The number of carbonyl (C=O) groups is 1. The molecule has 3 heteroatoms. The Bertz CT molecular complexity index is 610. The van der Waals surface area contributed by atoms with Crippen LogP contribution in [0.4, 0.5) is 5.69 Å². The third-order valence-electron chi connectivity index (χ3n) is 3.52. The first-order valence-electron chi connectivity index (χ1n) is 7.23. The molecule has 2 aromatic rings. The predicted molar refractivity (Wildman–Crippen MR) is 91.6 cm³/mol. The number of rotatable bonds is 5. The van der Waals surface area contributed by atoms with Gasteiger partial charge in [0.1, 0.15) is 0 Å². The van der Waals surface area contributed by atoms with Crippen LogP contribution < -0.4 is 5.32 Å². The van der Waals surface area contributed by atoms with Gasteiger partial charge >= 0.3 is 0 Å². The van der Waals surface area contributed by atoms with Gasteiger partial charge in [-0.2, -0.15) is 0 Å². The van der Waals surface area contributed by atoms with Gasteiger partial charge in [-0.15, -0.1) is 0 Å². The number of benzene rings is 2. The summed E-state index contributed by atoms with van der Waals surface area (Å²) in [7, 11) is 0. The molecule has 1 amide bonds. The van der Waals surface area contributed by atoms with E-state index >= 15 is 0 Å². The van der Waals surface area contributed by atoms with Gasteiger partial charge < -0.3 is 5.32 Å². The number of halogens is 1. The third-order valence-corrected chi connectivity index (χ3v) is 4.41. The van der Waals surface area contributed by atoms with Crippen molar-refractivity contribution in [2.45, 2.75) is 32.6 Å². The van der Waals surface area contributed by atoms with E-state index in [1.165, 1.54) is 0 Å². The Kier molecular flexibility index (Phi) is 5.57. The van der Waals surface area contributed by atoms with E-state index in [1.807, 2.05) is 55.5 Å². The summed E-state index contributed by atoms with van der Waals surface area (Å²) in [5.74, 6) is -0.0371. The van der Waals surface area contributed by atoms with E-state index in [-0.39, 0.29) is 11.8 Å². The number of hydrogen-bond acceptors (Lipinski definition) is 1. The molecular formula is C18H20BrNO. The molecule has 1 atom stereocenters. The predicted octanol–water partition coefficient (Wildman–Crippen LogP) is 5.28. The average Bonchev–Trinajstić information content (AvgIpc) is 2.49. The Balaban J connectivity index is 2.17. The lowest BCUT2D eigenvalue weighted by molar-refractivity contribution is -0.117. The molecule has 0 aliphatic rings. The Labute approximate surface area is 134 Å². The van der Waals surface area contributed by atoms with Crippen molar-refractivity contribution < 1.29 is 4.79 Å². The molecular weight excluding hydrogens is 326 g/mol. The highest BCUT2D eigenvalue weighted by Crippen LogP contribution is 2.25. The van der Waals surface area contributed by atoms with Crippen molar-refractivity contribution in [1.82, 2.24) is 0 Å². The lowest BCUT2D eigenvalue weighted by Gasteiger charge is -2.17. The van der Waals surface area contributed by atoms with Crippen LogP contribution in [-0.2, 0) is 4.79 Å². The Morgan fingerprint density at radius 2 is 1.90 bits per heavy atom. The number of amides is 1. The Hall–Kier alpha value is -1.61. The molecule has 0 aliphatic heterocycles. The summed E-state index contributed by atoms with van der Waals surface area (Å²) in [4.78, 5) is 12.6. The smallest absolute Gasteiger partial charge is 0.231 e. The summed E-state index contributed by atoms with van der Waals surface area (Å²) in [5.41, 5.74) is 3.03. The number of anilines is 1. The fourth-order valence-electron chi connectivity index (χ4n) is 2.37. The molecule has 2 rings (SSSR count). The first-order valence-corrected chi connectivity index (χ1v) is 8.03. The molecule has 0 unspecified atom stereocenters. The maximum atomic E-state index is 12.6. The van der Waals surface area contributed by atoms with Crippen molar-refractivity contribution in [3.63, 3.8) is 0 Å². The van der Waals surface area contributed by atoms with Crippen molar-refractivity contribution in [2.24, 2.45) is 0 Å². The topological polar surface area (TPSA) is 29.1 Å². The van der Waals surface area contributed by atoms with Crippen LogP contribution in [0.15, 0.2) is 53.0 Å². The van der Waals surface area contributed by atoms with Gasteiger partial charge in [0.25, 0.3) is 0 Å². The van der Waals surface area contributed by atoms with Crippen LogP contribution in [0.5, 0.6) is 0 Å².